The highest BCUT2D eigenvalue weighted by molar-refractivity contribution is 5.99. The van der Waals surface area contributed by atoms with Crippen LogP contribution >= 0.6 is 0 Å². The van der Waals surface area contributed by atoms with Gasteiger partial charge in [0.2, 0.25) is 0 Å². The highest BCUT2D eigenvalue weighted by Crippen LogP contribution is 2.46. The number of amides is 2. The van der Waals surface area contributed by atoms with Gasteiger partial charge >= 0.3 is 6.18 Å². The van der Waals surface area contributed by atoms with Gasteiger partial charge in [-0.05, 0) is 73.6 Å². The second-order valence-corrected chi connectivity index (χ2v) is 11.9. The lowest BCUT2D eigenvalue weighted by Crippen LogP contribution is -2.50. The van der Waals surface area contributed by atoms with Crippen LogP contribution in [0, 0.1) is 11.6 Å². The molecule has 0 radical (unpaired) electrons. The van der Waals surface area contributed by atoms with Crippen LogP contribution in [0.2, 0.25) is 0 Å². The second kappa shape index (κ2) is 13.8. The van der Waals surface area contributed by atoms with E-state index < -0.39 is 47.0 Å². The largest absolute Gasteiger partial charge is 0.416 e. The number of hydrogen-bond donors (Lipinski definition) is 3. The molecule has 2 aliphatic rings. The van der Waals surface area contributed by atoms with E-state index in [1.807, 2.05) is 0 Å². The van der Waals surface area contributed by atoms with Crippen LogP contribution < -0.4 is 10.6 Å². The quantitative estimate of drug-likeness (QED) is 0.249. The number of aromatic nitrogens is 1. The lowest BCUT2D eigenvalue weighted by molar-refractivity contribution is -0.137. The predicted molar refractivity (Wildman–Crippen MR) is 158 cm³/mol. The van der Waals surface area contributed by atoms with Gasteiger partial charge in [-0.15, -0.1) is 0 Å². The van der Waals surface area contributed by atoms with Gasteiger partial charge in [-0.25, -0.2) is 8.78 Å². The van der Waals surface area contributed by atoms with Gasteiger partial charge in [-0.1, -0.05) is 12.1 Å². The van der Waals surface area contributed by atoms with Gasteiger partial charge in [-0.2, -0.15) is 13.2 Å². The molecule has 1 saturated carbocycles. The number of nitrogens with zero attached hydrogens (tertiary/aromatic N) is 2. The molecule has 246 valence electrons. The maximum Gasteiger partial charge on any atom is 0.416 e. The number of halogens is 5. The van der Waals surface area contributed by atoms with Gasteiger partial charge in [0.1, 0.15) is 11.6 Å². The van der Waals surface area contributed by atoms with Crippen molar-refractivity contribution < 1.29 is 41.4 Å². The number of pyridine rings is 1. The van der Waals surface area contributed by atoms with Crippen molar-refractivity contribution in [1.29, 1.82) is 0 Å². The number of benzene rings is 2. The molecule has 8 nitrogen and oxygen atoms in total. The van der Waals surface area contributed by atoms with Crippen LogP contribution in [0.5, 0.6) is 0 Å². The van der Waals surface area contributed by atoms with E-state index in [4.69, 9.17) is 4.74 Å². The van der Waals surface area contributed by atoms with Gasteiger partial charge < -0.3 is 25.4 Å². The first-order chi connectivity index (χ1) is 21.9. The Morgan fingerprint density at radius 3 is 2.48 bits per heavy atom. The predicted octanol–water partition coefficient (Wildman–Crippen LogP) is 4.61. The number of carbonyl (C=O) groups excluding carboxylic acids is 2. The van der Waals surface area contributed by atoms with E-state index in [9.17, 15) is 36.6 Å². The zero-order valence-electron chi connectivity index (χ0n) is 25.1. The van der Waals surface area contributed by atoms with Crippen molar-refractivity contribution in [3.63, 3.8) is 0 Å². The molecule has 13 heteroatoms. The molecule has 5 rings (SSSR count). The molecule has 3 atom stereocenters. The normalized spacial score (nSPS) is 18.7. The minimum absolute atomic E-state index is 0.0338. The summed E-state index contributed by atoms with van der Waals surface area (Å²) in [6.45, 7) is 0.769. The third-order valence-corrected chi connectivity index (χ3v) is 8.55. The SMILES string of the molecule is COC[C@H]1CCCN1C(=O)c1cncc(C(=O)N[C@@H](Cc2cc(F)cc(F)c2)[C@H](O)CNC2(c3cccc(C(F)(F)F)c3)CC2)c1. The zero-order chi connectivity index (χ0) is 33.1. The highest BCUT2D eigenvalue weighted by atomic mass is 19.4. The molecule has 1 aromatic heterocycles. The first kappa shape index (κ1) is 33.4. The Balaban J connectivity index is 1.33. The van der Waals surface area contributed by atoms with E-state index in [0.717, 1.165) is 37.1 Å². The van der Waals surface area contributed by atoms with Crippen molar-refractivity contribution in [2.75, 3.05) is 26.8 Å². The Kier molecular flexibility index (Phi) is 10.0. The van der Waals surface area contributed by atoms with Crippen molar-refractivity contribution in [2.45, 2.75) is 62.0 Å². The number of aliphatic hydroxyl groups is 1. The van der Waals surface area contributed by atoms with E-state index in [0.29, 0.717) is 37.6 Å². The van der Waals surface area contributed by atoms with Gasteiger partial charge in [0.25, 0.3) is 11.8 Å². The van der Waals surface area contributed by atoms with Crippen LogP contribution in [-0.4, -0.2) is 71.8 Å². The van der Waals surface area contributed by atoms with Crippen molar-refractivity contribution in [3.8, 4) is 0 Å². The maximum absolute atomic E-state index is 14.0. The summed E-state index contributed by atoms with van der Waals surface area (Å²) in [7, 11) is 1.56. The molecule has 2 aromatic carbocycles. The van der Waals surface area contributed by atoms with Crippen LogP contribution in [0.4, 0.5) is 22.0 Å². The number of ether oxygens (including phenoxy) is 1. The Labute approximate surface area is 263 Å². The minimum atomic E-state index is -4.52. The van der Waals surface area contributed by atoms with Crippen LogP contribution in [-0.2, 0) is 22.9 Å². The monoisotopic (exact) mass is 646 g/mol. The van der Waals surface area contributed by atoms with Gasteiger partial charge in [0.15, 0.2) is 0 Å². The summed E-state index contributed by atoms with van der Waals surface area (Å²) >= 11 is 0. The van der Waals surface area contributed by atoms with Crippen molar-refractivity contribution in [3.05, 3.63) is 100 Å². The molecule has 2 amide bonds. The van der Waals surface area contributed by atoms with Gasteiger partial charge in [-0.3, -0.25) is 14.6 Å². The van der Waals surface area contributed by atoms with Crippen LogP contribution in [0.15, 0.2) is 60.9 Å². The van der Waals surface area contributed by atoms with E-state index >= 15 is 0 Å². The Morgan fingerprint density at radius 2 is 1.80 bits per heavy atom. The molecule has 0 unspecified atom stereocenters. The van der Waals surface area contributed by atoms with Crippen LogP contribution in [0.3, 0.4) is 0 Å². The van der Waals surface area contributed by atoms with Crippen molar-refractivity contribution in [2.24, 2.45) is 0 Å². The topological polar surface area (TPSA) is 104 Å². The number of likely N-dealkylation sites (tertiary alicyclic amines) is 1. The third kappa shape index (κ3) is 7.88. The van der Waals surface area contributed by atoms with Gasteiger partial charge in [0.05, 0.1) is 41.5 Å². The summed E-state index contributed by atoms with van der Waals surface area (Å²) in [6, 6.07) is 8.05. The average Bonchev–Trinajstić information content (AvgIpc) is 3.68. The van der Waals surface area contributed by atoms with E-state index in [-0.39, 0.29) is 41.6 Å². The number of rotatable bonds is 12. The fourth-order valence-electron chi connectivity index (χ4n) is 5.96. The number of methoxy groups -OCH3 is 1. The fourth-order valence-corrected chi connectivity index (χ4v) is 5.96. The number of aliphatic hydroxyl groups excluding tert-OH is 1. The minimum Gasteiger partial charge on any atom is -0.390 e. The van der Waals surface area contributed by atoms with Gasteiger partial charge in [0, 0.05) is 44.2 Å². The highest BCUT2D eigenvalue weighted by Gasteiger charge is 2.45. The Morgan fingerprint density at radius 1 is 1.09 bits per heavy atom. The summed E-state index contributed by atoms with van der Waals surface area (Å²) < 4.78 is 73.3. The zero-order valence-corrected chi connectivity index (χ0v) is 25.1. The number of hydrogen-bond acceptors (Lipinski definition) is 6. The fraction of sp³-hybridized carbons (Fsp3) is 0.424. The molecule has 0 spiro atoms. The lowest BCUT2D eigenvalue weighted by atomic mass is 9.98. The van der Waals surface area contributed by atoms with Crippen molar-refractivity contribution >= 4 is 11.8 Å². The molecule has 0 bridgehead atoms. The molecular formula is C33H35F5N4O4. The van der Waals surface area contributed by atoms with Crippen LogP contribution in [0.1, 0.15) is 63.1 Å². The standard InChI is InChI=1S/C33H35F5N4O4/c1-46-19-27-6-3-9-42(27)31(45)22-13-21(16-39-17-22)30(44)41-28(12-20-10-25(34)15-26(35)11-20)29(43)18-40-32(7-8-32)23-4-2-5-24(14-23)33(36,37)38/h2,4-5,10-11,13-17,27-29,40,43H,3,6-9,12,18-19H2,1H3,(H,41,44)/t27-,28+,29-/m1/s1. The summed E-state index contributed by atoms with van der Waals surface area (Å²) in [5.74, 6) is -2.66. The molecular weight excluding hydrogens is 611 g/mol. The van der Waals surface area contributed by atoms with E-state index in [1.54, 1.807) is 18.1 Å². The Hall–Kier alpha value is -3.94. The first-order valence-electron chi connectivity index (χ1n) is 15.0. The number of carbonyl (C=O) groups is 2. The summed E-state index contributed by atoms with van der Waals surface area (Å²) in [6.07, 6.45) is -0.724. The van der Waals surface area contributed by atoms with Crippen molar-refractivity contribution in [1.82, 2.24) is 20.5 Å². The molecule has 1 aliphatic carbocycles. The third-order valence-electron chi connectivity index (χ3n) is 8.55. The molecule has 1 saturated heterocycles. The number of alkyl halides is 3. The Bertz CT molecular complexity index is 1540. The number of nitrogens with one attached hydrogen (secondary N) is 2. The molecule has 46 heavy (non-hydrogen) atoms. The smallest absolute Gasteiger partial charge is 0.390 e. The summed E-state index contributed by atoms with van der Waals surface area (Å²) in [5.41, 5.74) is -0.770. The first-order valence-corrected chi connectivity index (χ1v) is 15.0. The molecule has 3 N–H and O–H groups in total. The molecule has 3 aromatic rings. The van der Waals surface area contributed by atoms with E-state index in [2.05, 4.69) is 15.6 Å². The molecule has 2 heterocycles. The summed E-state index contributed by atoms with van der Waals surface area (Å²) in [4.78, 5) is 32.4. The maximum atomic E-state index is 14.0. The average molecular weight is 647 g/mol. The molecule has 2 fully saturated rings. The van der Waals surface area contributed by atoms with E-state index in [1.165, 1.54) is 24.5 Å². The lowest BCUT2D eigenvalue weighted by Gasteiger charge is -2.28. The summed E-state index contributed by atoms with van der Waals surface area (Å²) in [5, 5.41) is 17.1. The van der Waals surface area contributed by atoms with Crippen LogP contribution in [0.25, 0.3) is 0 Å². The molecule has 1 aliphatic heterocycles. The second-order valence-electron chi connectivity index (χ2n) is 11.9.